The number of carbonyl (C=O) groups is 2. The Morgan fingerprint density at radius 2 is 1.64 bits per heavy atom. The molecule has 1 fully saturated rings. The summed E-state index contributed by atoms with van der Waals surface area (Å²) in [6.45, 7) is -1.23. The number of ketones is 2. The van der Waals surface area contributed by atoms with Gasteiger partial charge in [0.2, 0.25) is 12.2 Å². The van der Waals surface area contributed by atoms with Crippen LogP contribution in [0.1, 0.15) is 61.7 Å². The number of amidine groups is 1. The third kappa shape index (κ3) is 6.41. The average molecular weight is 770 g/mol. The molecule has 7 N–H and O–H groups in total. The molecule has 1 unspecified atom stereocenters. The highest BCUT2D eigenvalue weighted by Crippen LogP contribution is 2.50. The van der Waals surface area contributed by atoms with Crippen LogP contribution in [0.5, 0.6) is 11.5 Å². The molecule has 4 heterocycles. The number of para-hydroxylation sites is 1. The van der Waals surface area contributed by atoms with Gasteiger partial charge in [-0.3, -0.25) is 15.0 Å². The summed E-state index contributed by atoms with van der Waals surface area (Å²) >= 11 is 0. The molecule has 292 valence electrons. The van der Waals surface area contributed by atoms with Crippen molar-refractivity contribution in [2.75, 3.05) is 39.7 Å². The van der Waals surface area contributed by atoms with E-state index in [9.17, 15) is 40.2 Å². The number of aliphatic imine (C=N–C) groups is 3. The van der Waals surface area contributed by atoms with E-state index in [1.54, 1.807) is 36.4 Å². The van der Waals surface area contributed by atoms with Gasteiger partial charge in [0.25, 0.3) is 5.84 Å². The Morgan fingerprint density at radius 1 is 0.893 bits per heavy atom. The molecular weight excluding hydrogens is 730 g/mol. The SMILES string of the molecule is N=C1N=C([O-])C2=NC[NH+](c3ccccc3[C@@H]3c4cc5c(c(OCCO)c4O[C@@H]4O[C@@H](COC[C@@H]3CCCO)[C@H](O)[C@@H](O)[C@@H]4O)C(=O)c3ccccc3C5=O)C2=N1. The number of quaternary nitrogens is 1. The number of aliphatic hydroxyl groups excluding tert-OH is 5. The number of guanidine groups is 1. The summed E-state index contributed by atoms with van der Waals surface area (Å²) in [5.74, 6) is -3.74. The number of hydrogen-bond acceptors (Lipinski definition) is 14. The standard InChI is InChI=1S/C39H39N5O12/c40-39-42-36-28(37(52)43-39)41-17-44(36)24-10-4-3-9-21(24)26-18(6-5-11-45)15-53-16-25-31(49)32(50)33(51)38(55-25)56-34-23(26)14-22-27(35(34)54-13-12-46)30(48)20-8-2-1-7-19(20)29(22)47/h1-4,7-10,14,18,25-26,31-33,38,45-46,49-51H,5-6,11-13,15-17H2,(H2,40,43,52)/t18-,25-,26+,31-,32+,33-,38-/m0/s1. The maximum atomic E-state index is 14.4. The normalized spacial score (nSPS) is 28.4. The molecule has 17 heteroatoms. The third-order valence-electron chi connectivity index (χ3n) is 10.7. The lowest BCUT2D eigenvalue weighted by Crippen LogP contribution is -3.09. The van der Waals surface area contributed by atoms with E-state index in [-0.39, 0.29) is 84.0 Å². The molecule has 56 heavy (non-hydrogen) atoms. The van der Waals surface area contributed by atoms with E-state index in [1.807, 2.05) is 6.07 Å². The van der Waals surface area contributed by atoms with E-state index in [4.69, 9.17) is 24.4 Å². The van der Waals surface area contributed by atoms with Crippen molar-refractivity contribution in [2.45, 2.75) is 49.5 Å². The van der Waals surface area contributed by atoms with Crippen LogP contribution < -0.4 is 19.5 Å². The highest BCUT2D eigenvalue weighted by molar-refractivity contribution is 6.66. The number of nitrogens with one attached hydrogen (secondary N) is 2. The van der Waals surface area contributed by atoms with Crippen molar-refractivity contribution in [2.24, 2.45) is 20.9 Å². The van der Waals surface area contributed by atoms with Crippen LogP contribution in [0, 0.1) is 11.3 Å². The molecule has 0 saturated carbocycles. The Labute approximate surface area is 319 Å². The van der Waals surface area contributed by atoms with Crippen molar-refractivity contribution in [3.05, 3.63) is 88.0 Å². The van der Waals surface area contributed by atoms with Gasteiger partial charge in [-0.15, -0.1) is 0 Å². The molecule has 0 amide bonds. The predicted molar refractivity (Wildman–Crippen MR) is 194 cm³/mol. The van der Waals surface area contributed by atoms with Crippen molar-refractivity contribution in [3.8, 4) is 11.5 Å². The molecule has 4 aliphatic heterocycles. The number of benzene rings is 3. The number of ether oxygens (including phenoxy) is 4. The summed E-state index contributed by atoms with van der Waals surface area (Å²) in [5, 5.41) is 74.1. The van der Waals surface area contributed by atoms with Gasteiger partial charge in [-0.05, 0) is 30.9 Å². The highest BCUT2D eigenvalue weighted by Gasteiger charge is 2.48. The van der Waals surface area contributed by atoms with E-state index in [0.29, 0.717) is 29.0 Å². The monoisotopic (exact) mass is 769 g/mol. The maximum Gasteiger partial charge on any atom is 0.262 e. The van der Waals surface area contributed by atoms with Crippen LogP contribution in [0.2, 0.25) is 0 Å². The molecular formula is C39H39N5O12. The smallest absolute Gasteiger partial charge is 0.262 e. The van der Waals surface area contributed by atoms with Gasteiger partial charge in [0.1, 0.15) is 36.7 Å². The molecule has 0 spiro atoms. The second-order valence-electron chi connectivity index (χ2n) is 14.0. The number of nitrogens with zero attached hydrogens (tertiary/aromatic N) is 3. The van der Waals surface area contributed by atoms with Crippen LogP contribution >= 0.6 is 0 Å². The van der Waals surface area contributed by atoms with Crippen molar-refractivity contribution in [1.29, 1.82) is 5.41 Å². The number of fused-ring (bicyclic) bond motifs is 6. The van der Waals surface area contributed by atoms with E-state index in [2.05, 4.69) is 15.0 Å². The Kier molecular flexibility index (Phi) is 10.3. The Bertz CT molecular complexity index is 2190. The van der Waals surface area contributed by atoms with Gasteiger partial charge in [0, 0.05) is 46.2 Å². The summed E-state index contributed by atoms with van der Waals surface area (Å²) < 4.78 is 24.9. The third-order valence-corrected chi connectivity index (χ3v) is 10.7. The maximum absolute atomic E-state index is 14.4. The van der Waals surface area contributed by atoms with Gasteiger partial charge in [-0.2, -0.15) is 4.99 Å². The van der Waals surface area contributed by atoms with E-state index in [1.165, 1.54) is 12.1 Å². The molecule has 2 bridgehead atoms. The van der Waals surface area contributed by atoms with Crippen LogP contribution in [-0.4, -0.2) is 131 Å². The molecule has 3 aromatic carbocycles. The van der Waals surface area contributed by atoms with Gasteiger partial charge >= 0.3 is 0 Å². The largest absolute Gasteiger partial charge is 0.857 e. The summed E-state index contributed by atoms with van der Waals surface area (Å²) in [4.78, 5) is 41.6. The summed E-state index contributed by atoms with van der Waals surface area (Å²) in [5.41, 5.74) is 1.60. The molecule has 8 rings (SSSR count). The van der Waals surface area contributed by atoms with Gasteiger partial charge in [-0.1, -0.05) is 42.5 Å². The molecule has 0 aromatic heterocycles. The Morgan fingerprint density at radius 3 is 2.41 bits per heavy atom. The first-order valence-electron chi connectivity index (χ1n) is 18.2. The van der Waals surface area contributed by atoms with Gasteiger partial charge in [-0.25, -0.2) is 14.9 Å². The van der Waals surface area contributed by atoms with Crippen molar-refractivity contribution in [3.63, 3.8) is 0 Å². The van der Waals surface area contributed by atoms with E-state index < -0.39 is 72.6 Å². The molecule has 5 aliphatic rings. The second kappa shape index (κ2) is 15.4. The second-order valence-corrected chi connectivity index (χ2v) is 14.0. The zero-order valence-electron chi connectivity index (χ0n) is 29.8. The van der Waals surface area contributed by atoms with E-state index in [0.717, 1.165) is 0 Å². The molecule has 0 radical (unpaired) electrons. The van der Waals surface area contributed by atoms with Crippen LogP contribution in [-0.2, 0) is 9.47 Å². The van der Waals surface area contributed by atoms with Crippen molar-refractivity contribution >= 4 is 40.7 Å². The van der Waals surface area contributed by atoms with Gasteiger partial charge < -0.3 is 49.6 Å². The first kappa shape index (κ1) is 37.7. The first-order chi connectivity index (χ1) is 27.1. The van der Waals surface area contributed by atoms with Crippen LogP contribution in [0.3, 0.4) is 0 Å². The Hall–Kier alpha value is -5.24. The minimum absolute atomic E-state index is 0.0157. The molecule has 1 aliphatic carbocycles. The lowest BCUT2D eigenvalue weighted by molar-refractivity contribution is -0.723. The zero-order chi connectivity index (χ0) is 39.2. The summed E-state index contributed by atoms with van der Waals surface area (Å²) in [7, 11) is 0. The minimum atomic E-state index is -1.81. The number of aliphatic hydroxyl groups is 5. The van der Waals surface area contributed by atoms with Crippen molar-refractivity contribution < 1.29 is 64.1 Å². The summed E-state index contributed by atoms with van der Waals surface area (Å²) in [6.07, 6.45) is -7.31. The number of carbonyl (C=O) groups excluding carboxylic acids is 2. The average Bonchev–Trinajstić information content (AvgIpc) is 3.62. The fourth-order valence-electron chi connectivity index (χ4n) is 8.12. The quantitative estimate of drug-likeness (QED) is 0.109. The van der Waals surface area contributed by atoms with Gasteiger partial charge in [0.05, 0.1) is 25.4 Å². The number of rotatable bonds is 8. The molecule has 3 aromatic rings. The lowest BCUT2D eigenvalue weighted by atomic mass is 9.74. The molecule has 8 atom stereocenters. The predicted octanol–water partition coefficient (Wildman–Crippen LogP) is -1.40. The fraction of sp³-hybridized carbons (Fsp3) is 0.385. The zero-order valence-corrected chi connectivity index (χ0v) is 29.8. The van der Waals surface area contributed by atoms with Crippen LogP contribution in [0.4, 0.5) is 5.69 Å². The lowest BCUT2D eigenvalue weighted by Gasteiger charge is -2.40. The highest BCUT2D eigenvalue weighted by atomic mass is 16.7. The van der Waals surface area contributed by atoms with E-state index >= 15 is 0 Å². The number of hydrogen-bond donors (Lipinski definition) is 7. The van der Waals surface area contributed by atoms with Gasteiger partial charge in [0.15, 0.2) is 35.4 Å². The molecule has 17 nitrogen and oxygen atoms in total. The molecule has 1 saturated heterocycles. The van der Waals surface area contributed by atoms with Crippen LogP contribution in [0.25, 0.3) is 0 Å². The van der Waals surface area contributed by atoms with Crippen LogP contribution in [0.15, 0.2) is 69.6 Å². The minimum Gasteiger partial charge on any atom is -0.857 e. The van der Waals surface area contributed by atoms with Crippen molar-refractivity contribution in [1.82, 2.24) is 0 Å². The topological polar surface area (TPSA) is 261 Å². The fourth-order valence-corrected chi connectivity index (χ4v) is 8.12. The Balaban J connectivity index is 1.41. The summed E-state index contributed by atoms with van der Waals surface area (Å²) in [6, 6.07) is 15.1. The first-order valence-corrected chi connectivity index (χ1v) is 18.2.